The van der Waals surface area contributed by atoms with Crippen molar-refractivity contribution in [2.75, 3.05) is 27.4 Å². The smallest absolute Gasteiger partial charge is 0.466 e. The van der Waals surface area contributed by atoms with Gasteiger partial charge in [0.1, 0.15) is 12.2 Å². The third kappa shape index (κ3) is 7.28. The van der Waals surface area contributed by atoms with E-state index in [1.54, 1.807) is 13.8 Å². The van der Waals surface area contributed by atoms with Gasteiger partial charge in [0, 0.05) is 14.2 Å². The number of carbonyl (C=O) groups excluding carboxylic acids is 2. The zero-order valence-corrected chi connectivity index (χ0v) is 12.8. The molecule has 0 amide bonds. The Balaban J connectivity index is 5.01. The lowest BCUT2D eigenvalue weighted by molar-refractivity contribution is -0.142. The summed E-state index contributed by atoms with van der Waals surface area (Å²) in [5.41, 5.74) is 0. The van der Waals surface area contributed by atoms with Crippen LogP contribution in [0.25, 0.3) is 0 Å². The second-order valence-corrected chi connectivity index (χ2v) is 5.06. The van der Waals surface area contributed by atoms with E-state index in [4.69, 9.17) is 9.26 Å². The molecule has 0 bridgehead atoms. The van der Waals surface area contributed by atoms with E-state index in [0.29, 0.717) is 0 Å². The Bertz CT molecular complexity index is 395. The Morgan fingerprint density at radius 2 is 1.60 bits per heavy atom. The SMILES string of the molecule is CCOC(=O)C=C(CC(=O)OCC)OP(=O)(OC)OC. The number of esters is 2. The van der Waals surface area contributed by atoms with Crippen LogP contribution >= 0.6 is 7.82 Å². The average Bonchev–Trinajstić information content (AvgIpc) is 2.38. The summed E-state index contributed by atoms with van der Waals surface area (Å²) >= 11 is 0. The molecular formula is C11H19O8P. The molecule has 0 unspecified atom stereocenters. The topological polar surface area (TPSA) is 97.4 Å². The Labute approximate surface area is 117 Å². The number of carbonyl (C=O) groups is 2. The first-order chi connectivity index (χ1) is 9.40. The van der Waals surface area contributed by atoms with E-state index in [9.17, 15) is 14.2 Å². The van der Waals surface area contributed by atoms with Crippen LogP contribution in [0.3, 0.4) is 0 Å². The Morgan fingerprint density at radius 1 is 1.05 bits per heavy atom. The van der Waals surface area contributed by atoms with Gasteiger partial charge in [0.2, 0.25) is 0 Å². The number of hydrogen-bond donors (Lipinski definition) is 0. The Kier molecular flexibility index (Phi) is 8.87. The molecule has 0 rings (SSSR count). The van der Waals surface area contributed by atoms with Crippen LogP contribution < -0.4 is 0 Å². The summed E-state index contributed by atoms with van der Waals surface area (Å²) in [5.74, 6) is -1.62. The van der Waals surface area contributed by atoms with E-state index >= 15 is 0 Å². The molecule has 9 heteroatoms. The lowest BCUT2D eigenvalue weighted by atomic mass is 10.3. The molecule has 0 fully saturated rings. The minimum Gasteiger partial charge on any atom is -0.466 e. The minimum absolute atomic E-state index is 0.147. The Hall–Kier alpha value is -1.37. The molecular weight excluding hydrogens is 291 g/mol. The molecule has 0 heterocycles. The molecule has 0 saturated carbocycles. The molecule has 0 radical (unpaired) electrons. The van der Waals surface area contributed by atoms with E-state index < -0.39 is 26.2 Å². The minimum atomic E-state index is -3.87. The molecule has 0 aliphatic heterocycles. The van der Waals surface area contributed by atoms with Gasteiger partial charge >= 0.3 is 19.8 Å². The third-order valence-corrected chi connectivity index (χ3v) is 3.22. The van der Waals surface area contributed by atoms with Gasteiger partial charge in [-0.1, -0.05) is 0 Å². The van der Waals surface area contributed by atoms with Crippen LogP contribution in [0.15, 0.2) is 11.8 Å². The normalized spacial score (nSPS) is 11.9. The third-order valence-electron chi connectivity index (χ3n) is 1.87. The first kappa shape index (κ1) is 18.6. The highest BCUT2D eigenvalue weighted by molar-refractivity contribution is 7.48. The van der Waals surface area contributed by atoms with Crippen LogP contribution in [0.5, 0.6) is 0 Å². The fourth-order valence-electron chi connectivity index (χ4n) is 1.07. The van der Waals surface area contributed by atoms with Crippen molar-refractivity contribution in [3.8, 4) is 0 Å². The van der Waals surface area contributed by atoms with Crippen molar-refractivity contribution in [1.82, 2.24) is 0 Å². The van der Waals surface area contributed by atoms with Crippen LogP contribution in [-0.2, 0) is 37.2 Å². The van der Waals surface area contributed by atoms with E-state index in [2.05, 4.69) is 13.8 Å². The highest BCUT2D eigenvalue weighted by Gasteiger charge is 2.27. The molecule has 0 aromatic carbocycles. The molecule has 20 heavy (non-hydrogen) atoms. The number of phosphoric ester groups is 1. The first-order valence-corrected chi connectivity index (χ1v) is 7.30. The van der Waals surface area contributed by atoms with E-state index in [1.165, 1.54) is 0 Å². The molecule has 0 spiro atoms. The maximum absolute atomic E-state index is 11.8. The molecule has 8 nitrogen and oxygen atoms in total. The maximum Gasteiger partial charge on any atom is 0.529 e. The van der Waals surface area contributed by atoms with Gasteiger partial charge in [-0.15, -0.1) is 0 Å². The van der Waals surface area contributed by atoms with Crippen LogP contribution in [-0.4, -0.2) is 39.4 Å². The van der Waals surface area contributed by atoms with Gasteiger partial charge in [-0.2, -0.15) is 0 Å². The van der Waals surface area contributed by atoms with Gasteiger partial charge in [0.25, 0.3) is 0 Å². The van der Waals surface area contributed by atoms with E-state index in [0.717, 1.165) is 20.3 Å². The summed E-state index contributed by atoms with van der Waals surface area (Å²) in [4.78, 5) is 22.7. The summed E-state index contributed by atoms with van der Waals surface area (Å²) in [5, 5.41) is 0. The van der Waals surface area contributed by atoms with Gasteiger partial charge in [0.15, 0.2) is 0 Å². The summed E-state index contributed by atoms with van der Waals surface area (Å²) in [7, 11) is -1.66. The average molecular weight is 310 g/mol. The van der Waals surface area contributed by atoms with Crippen molar-refractivity contribution in [1.29, 1.82) is 0 Å². The van der Waals surface area contributed by atoms with Crippen molar-refractivity contribution in [3.63, 3.8) is 0 Å². The zero-order chi connectivity index (χ0) is 15.6. The van der Waals surface area contributed by atoms with Crippen LogP contribution in [0.1, 0.15) is 20.3 Å². The summed E-state index contributed by atoms with van der Waals surface area (Å²) in [6, 6.07) is 0. The molecule has 0 aliphatic rings. The van der Waals surface area contributed by atoms with Gasteiger partial charge in [-0.05, 0) is 13.8 Å². The zero-order valence-electron chi connectivity index (χ0n) is 11.9. The Morgan fingerprint density at radius 3 is 2.05 bits per heavy atom. The first-order valence-electron chi connectivity index (χ1n) is 5.84. The molecule has 116 valence electrons. The summed E-state index contributed by atoms with van der Waals surface area (Å²) < 4.78 is 35.3. The predicted octanol–water partition coefficient (Wildman–Crippen LogP) is 1.80. The summed E-state index contributed by atoms with van der Waals surface area (Å²) in [6.07, 6.45) is 0.495. The molecule has 0 aromatic heterocycles. The fraction of sp³-hybridized carbons (Fsp3) is 0.636. The lowest BCUT2D eigenvalue weighted by Crippen LogP contribution is -2.09. The number of phosphoric acid groups is 1. The molecule has 0 aliphatic carbocycles. The lowest BCUT2D eigenvalue weighted by Gasteiger charge is -2.16. The fourth-order valence-corrected chi connectivity index (χ4v) is 1.77. The van der Waals surface area contributed by atoms with E-state index in [1.807, 2.05) is 0 Å². The van der Waals surface area contributed by atoms with E-state index in [-0.39, 0.29) is 19.0 Å². The second-order valence-electron chi connectivity index (χ2n) is 3.25. The largest absolute Gasteiger partial charge is 0.529 e. The highest BCUT2D eigenvalue weighted by Crippen LogP contribution is 2.50. The summed E-state index contributed by atoms with van der Waals surface area (Å²) in [6.45, 7) is 3.56. The van der Waals surface area contributed by atoms with Crippen LogP contribution in [0.4, 0.5) is 0 Å². The monoisotopic (exact) mass is 310 g/mol. The van der Waals surface area contributed by atoms with Crippen molar-refractivity contribution < 1.29 is 37.2 Å². The predicted molar refractivity (Wildman–Crippen MR) is 68.7 cm³/mol. The van der Waals surface area contributed by atoms with Crippen molar-refractivity contribution in [3.05, 3.63) is 11.8 Å². The van der Waals surface area contributed by atoms with Crippen molar-refractivity contribution in [2.24, 2.45) is 0 Å². The van der Waals surface area contributed by atoms with Crippen molar-refractivity contribution >= 4 is 19.8 Å². The van der Waals surface area contributed by atoms with Crippen LogP contribution in [0.2, 0.25) is 0 Å². The highest BCUT2D eigenvalue weighted by atomic mass is 31.2. The maximum atomic E-state index is 11.8. The number of ether oxygens (including phenoxy) is 2. The number of hydrogen-bond acceptors (Lipinski definition) is 8. The van der Waals surface area contributed by atoms with Gasteiger partial charge < -0.3 is 14.0 Å². The quantitative estimate of drug-likeness (QED) is 0.275. The number of rotatable bonds is 9. The molecule has 0 atom stereocenters. The van der Waals surface area contributed by atoms with Gasteiger partial charge in [0.05, 0.1) is 19.3 Å². The van der Waals surface area contributed by atoms with Crippen molar-refractivity contribution in [2.45, 2.75) is 20.3 Å². The van der Waals surface area contributed by atoms with Gasteiger partial charge in [-0.3, -0.25) is 13.8 Å². The van der Waals surface area contributed by atoms with Crippen LogP contribution in [0, 0.1) is 0 Å². The molecule has 0 aromatic rings. The standard InChI is InChI=1S/C11H19O8P/c1-5-17-10(12)7-9(8-11(13)18-6-2)19-20(14,15-3)16-4/h7H,5-6,8H2,1-4H3. The second kappa shape index (κ2) is 9.52. The molecule has 0 saturated heterocycles. The van der Waals surface area contributed by atoms with Gasteiger partial charge in [-0.25, -0.2) is 9.36 Å². The molecule has 0 N–H and O–H groups in total.